The molecular formula is C16H24N4. The summed E-state index contributed by atoms with van der Waals surface area (Å²) in [4.78, 5) is 0. The van der Waals surface area contributed by atoms with Crippen LogP contribution in [0.3, 0.4) is 0 Å². The predicted octanol–water partition coefficient (Wildman–Crippen LogP) is 2.94. The van der Waals surface area contributed by atoms with E-state index in [1.54, 1.807) is 6.07 Å². The van der Waals surface area contributed by atoms with E-state index in [1.165, 1.54) is 0 Å². The molecule has 0 aliphatic rings. The molecule has 2 aromatic rings. The van der Waals surface area contributed by atoms with Gasteiger partial charge in [-0.2, -0.15) is 0 Å². The van der Waals surface area contributed by atoms with E-state index in [0.29, 0.717) is 0 Å². The summed E-state index contributed by atoms with van der Waals surface area (Å²) < 4.78 is 0. The molecule has 0 aromatic heterocycles. The van der Waals surface area contributed by atoms with Gasteiger partial charge in [-0.15, -0.1) is 0 Å². The van der Waals surface area contributed by atoms with Crippen molar-refractivity contribution >= 4 is 22.7 Å². The SMILES string of the molecule is Cc1cc(N)c(C)c(N)c1.Cc1cc(N)cc(N)c1C. The van der Waals surface area contributed by atoms with Gasteiger partial charge in [-0.25, -0.2) is 0 Å². The monoisotopic (exact) mass is 272 g/mol. The van der Waals surface area contributed by atoms with Crippen molar-refractivity contribution in [3.05, 3.63) is 46.5 Å². The Morgan fingerprint density at radius 3 is 1.50 bits per heavy atom. The first-order chi connectivity index (χ1) is 9.22. The zero-order valence-electron chi connectivity index (χ0n) is 12.6. The largest absolute Gasteiger partial charge is 0.399 e. The predicted molar refractivity (Wildman–Crippen MR) is 89.5 cm³/mol. The molecule has 4 nitrogen and oxygen atoms in total. The maximum atomic E-state index is 5.64. The zero-order chi connectivity index (χ0) is 15.4. The quantitative estimate of drug-likeness (QED) is 0.553. The van der Waals surface area contributed by atoms with Crippen molar-refractivity contribution in [1.29, 1.82) is 0 Å². The summed E-state index contributed by atoms with van der Waals surface area (Å²) in [5, 5.41) is 0. The lowest BCUT2D eigenvalue weighted by Crippen LogP contribution is -1.96. The average molecular weight is 272 g/mol. The van der Waals surface area contributed by atoms with Crippen LogP contribution in [0, 0.1) is 27.7 Å². The number of hydrogen-bond donors (Lipinski definition) is 4. The van der Waals surface area contributed by atoms with E-state index in [9.17, 15) is 0 Å². The van der Waals surface area contributed by atoms with Gasteiger partial charge in [0.1, 0.15) is 0 Å². The Labute approximate surface area is 120 Å². The summed E-state index contributed by atoms with van der Waals surface area (Å²) >= 11 is 0. The Kier molecular flexibility index (Phi) is 4.86. The van der Waals surface area contributed by atoms with Crippen LogP contribution in [0.15, 0.2) is 24.3 Å². The fraction of sp³-hybridized carbons (Fsp3) is 0.250. The molecule has 0 aliphatic carbocycles. The van der Waals surface area contributed by atoms with E-state index in [4.69, 9.17) is 22.9 Å². The second kappa shape index (κ2) is 6.19. The minimum absolute atomic E-state index is 0.737. The molecule has 0 bridgehead atoms. The second-order valence-corrected chi connectivity index (χ2v) is 5.12. The molecule has 0 amide bonds. The molecule has 0 saturated heterocycles. The van der Waals surface area contributed by atoms with Crippen molar-refractivity contribution < 1.29 is 0 Å². The van der Waals surface area contributed by atoms with Gasteiger partial charge < -0.3 is 22.9 Å². The Morgan fingerprint density at radius 1 is 0.600 bits per heavy atom. The maximum absolute atomic E-state index is 5.64. The maximum Gasteiger partial charge on any atom is 0.0367 e. The molecule has 0 saturated carbocycles. The summed E-state index contributed by atoms with van der Waals surface area (Å²) in [7, 11) is 0. The topological polar surface area (TPSA) is 104 Å². The summed E-state index contributed by atoms with van der Waals surface area (Å²) in [6.07, 6.45) is 0. The van der Waals surface area contributed by atoms with Gasteiger partial charge in [-0.3, -0.25) is 0 Å². The van der Waals surface area contributed by atoms with Crippen molar-refractivity contribution in [2.45, 2.75) is 27.7 Å². The molecule has 4 heteroatoms. The molecule has 8 N–H and O–H groups in total. The normalized spacial score (nSPS) is 9.80. The number of nitrogen functional groups attached to an aromatic ring is 4. The minimum atomic E-state index is 0.737. The van der Waals surface area contributed by atoms with E-state index in [1.807, 2.05) is 45.9 Å². The molecule has 0 atom stereocenters. The van der Waals surface area contributed by atoms with Crippen molar-refractivity contribution in [3.63, 3.8) is 0 Å². The van der Waals surface area contributed by atoms with Gasteiger partial charge in [0, 0.05) is 22.7 Å². The lowest BCUT2D eigenvalue weighted by atomic mass is 10.1. The highest BCUT2D eigenvalue weighted by Crippen LogP contribution is 2.20. The zero-order valence-corrected chi connectivity index (χ0v) is 12.6. The van der Waals surface area contributed by atoms with Crippen LogP contribution in [-0.2, 0) is 0 Å². The molecular weight excluding hydrogens is 248 g/mol. The van der Waals surface area contributed by atoms with Gasteiger partial charge in [0.05, 0.1) is 0 Å². The van der Waals surface area contributed by atoms with E-state index >= 15 is 0 Å². The summed E-state index contributed by atoms with van der Waals surface area (Å²) in [5.41, 5.74) is 29.9. The second-order valence-electron chi connectivity index (χ2n) is 5.12. The number of nitrogens with two attached hydrogens (primary N) is 4. The van der Waals surface area contributed by atoms with Crippen LogP contribution < -0.4 is 22.9 Å². The Hall–Kier alpha value is -2.36. The highest BCUT2D eigenvalue weighted by molar-refractivity contribution is 5.62. The summed E-state index contributed by atoms with van der Waals surface area (Å²) in [5.74, 6) is 0. The van der Waals surface area contributed by atoms with Gasteiger partial charge in [0.25, 0.3) is 0 Å². The molecule has 0 radical (unpaired) electrons. The van der Waals surface area contributed by atoms with Crippen molar-refractivity contribution in [2.24, 2.45) is 0 Å². The molecule has 2 aromatic carbocycles. The van der Waals surface area contributed by atoms with Crippen LogP contribution in [0.2, 0.25) is 0 Å². The molecule has 0 aliphatic heterocycles. The smallest absolute Gasteiger partial charge is 0.0367 e. The van der Waals surface area contributed by atoms with E-state index < -0.39 is 0 Å². The Morgan fingerprint density at radius 2 is 1.05 bits per heavy atom. The lowest BCUT2D eigenvalue weighted by molar-refractivity contribution is 1.35. The third-order valence-electron chi connectivity index (χ3n) is 3.36. The van der Waals surface area contributed by atoms with E-state index in [2.05, 4.69) is 0 Å². The van der Waals surface area contributed by atoms with Crippen LogP contribution in [0.5, 0.6) is 0 Å². The molecule has 0 spiro atoms. The minimum Gasteiger partial charge on any atom is -0.399 e. The van der Waals surface area contributed by atoms with Crippen LogP contribution >= 0.6 is 0 Å². The number of anilines is 4. The number of hydrogen-bond acceptors (Lipinski definition) is 4. The first kappa shape index (κ1) is 15.7. The van der Waals surface area contributed by atoms with Gasteiger partial charge in [-0.1, -0.05) is 0 Å². The molecule has 0 fully saturated rings. The summed E-state index contributed by atoms with van der Waals surface area (Å²) in [6.45, 7) is 7.89. The Bertz CT molecular complexity index is 516. The van der Waals surface area contributed by atoms with Crippen molar-refractivity contribution in [1.82, 2.24) is 0 Å². The highest BCUT2D eigenvalue weighted by Gasteiger charge is 1.98. The third kappa shape index (κ3) is 3.82. The van der Waals surface area contributed by atoms with Crippen LogP contribution in [-0.4, -0.2) is 0 Å². The first-order valence-corrected chi connectivity index (χ1v) is 6.46. The van der Waals surface area contributed by atoms with Gasteiger partial charge in [0.2, 0.25) is 0 Å². The van der Waals surface area contributed by atoms with Crippen LogP contribution in [0.4, 0.5) is 22.7 Å². The first-order valence-electron chi connectivity index (χ1n) is 6.46. The Balaban J connectivity index is 0.000000200. The fourth-order valence-corrected chi connectivity index (χ4v) is 1.83. The molecule has 20 heavy (non-hydrogen) atoms. The van der Waals surface area contributed by atoms with E-state index in [0.717, 1.165) is 45.0 Å². The molecule has 108 valence electrons. The van der Waals surface area contributed by atoms with Crippen LogP contribution in [0.25, 0.3) is 0 Å². The third-order valence-corrected chi connectivity index (χ3v) is 3.36. The van der Waals surface area contributed by atoms with E-state index in [-0.39, 0.29) is 0 Å². The molecule has 0 unspecified atom stereocenters. The number of aryl methyl sites for hydroxylation is 2. The number of rotatable bonds is 0. The standard InChI is InChI=1S/2C8H12N2/c1-5-3-7(9)4-8(10)6(5)2;1-5-3-7(9)6(2)8(10)4-5/h2*3-4H,9-10H2,1-2H3. The molecule has 2 rings (SSSR count). The average Bonchev–Trinajstić information content (AvgIpc) is 2.33. The highest BCUT2D eigenvalue weighted by atomic mass is 14.6. The van der Waals surface area contributed by atoms with Gasteiger partial charge >= 0.3 is 0 Å². The van der Waals surface area contributed by atoms with Crippen molar-refractivity contribution in [2.75, 3.05) is 22.9 Å². The summed E-state index contributed by atoms with van der Waals surface area (Å²) in [6, 6.07) is 7.55. The molecule has 0 heterocycles. The number of benzene rings is 2. The lowest BCUT2D eigenvalue weighted by Gasteiger charge is -2.04. The van der Waals surface area contributed by atoms with Crippen molar-refractivity contribution in [3.8, 4) is 0 Å². The van der Waals surface area contributed by atoms with Crippen LogP contribution in [0.1, 0.15) is 22.3 Å². The van der Waals surface area contributed by atoms with Gasteiger partial charge in [0.15, 0.2) is 0 Å². The van der Waals surface area contributed by atoms with Gasteiger partial charge in [-0.05, 0) is 74.2 Å². The fourth-order valence-electron chi connectivity index (χ4n) is 1.83.